The van der Waals surface area contributed by atoms with Gasteiger partial charge in [0.1, 0.15) is 11.3 Å². The number of hydrogen-bond donors (Lipinski definition) is 0. The number of aryl methyl sites for hydroxylation is 3. The minimum Gasteiger partial charge on any atom is -0.343 e. The third-order valence-corrected chi connectivity index (χ3v) is 7.27. The fourth-order valence-electron chi connectivity index (χ4n) is 4.19. The van der Waals surface area contributed by atoms with Crippen molar-refractivity contribution in [1.82, 2.24) is 19.1 Å². The Morgan fingerprint density at radius 2 is 1.93 bits per heavy atom. The third kappa shape index (κ3) is 3.84. The van der Waals surface area contributed by atoms with Crippen molar-refractivity contribution in [1.29, 1.82) is 0 Å². The Balaban J connectivity index is 1.52. The molecule has 1 aliphatic rings. The van der Waals surface area contributed by atoms with Crippen LogP contribution in [0.25, 0.3) is 15.7 Å². The first-order valence-electron chi connectivity index (χ1n) is 10.8. The normalized spacial score (nSPS) is 15.6. The Kier molecular flexibility index (Phi) is 5.76. The van der Waals surface area contributed by atoms with Crippen LogP contribution in [0.1, 0.15) is 57.2 Å². The molecule has 1 aliphatic heterocycles. The molecule has 6 nitrogen and oxygen atoms in total. The molecule has 29 heavy (non-hydrogen) atoms. The number of fused-ring (bicyclic) bond motifs is 3. The Labute approximate surface area is 175 Å². The van der Waals surface area contributed by atoms with Crippen molar-refractivity contribution in [2.45, 2.75) is 65.8 Å². The Bertz CT molecular complexity index is 1090. The molecule has 0 aromatic carbocycles. The van der Waals surface area contributed by atoms with Crippen LogP contribution in [-0.4, -0.2) is 38.1 Å². The van der Waals surface area contributed by atoms with Crippen LogP contribution in [0.2, 0.25) is 0 Å². The van der Waals surface area contributed by atoms with Gasteiger partial charge in [-0.3, -0.25) is 14.0 Å². The lowest BCUT2D eigenvalue weighted by Gasteiger charge is -2.30. The number of nitrogens with zero attached hydrogens (tertiary/aromatic N) is 4. The van der Waals surface area contributed by atoms with Crippen molar-refractivity contribution < 1.29 is 4.79 Å². The first kappa shape index (κ1) is 20.1. The number of thiophene rings is 1. The summed E-state index contributed by atoms with van der Waals surface area (Å²) < 4.78 is 4.72. The molecule has 1 saturated heterocycles. The largest absolute Gasteiger partial charge is 0.343 e. The first-order chi connectivity index (χ1) is 14.0. The molecule has 3 aromatic heterocycles. The molecule has 1 amide bonds. The zero-order valence-corrected chi connectivity index (χ0v) is 18.4. The quantitative estimate of drug-likeness (QED) is 0.615. The standard InChI is InChI=1S/C22H30N4O2S/c1-4-16-13-17-19(29-16)14-18-22(28)25(23-20(5-2)26(17)18)10-6-7-21(27)24-11-8-15(3)9-12-24/h13-15H,4-12H2,1-3H3. The first-order valence-corrected chi connectivity index (χ1v) is 11.6. The van der Waals surface area contributed by atoms with E-state index >= 15 is 0 Å². The minimum atomic E-state index is -0.0668. The summed E-state index contributed by atoms with van der Waals surface area (Å²) in [5.74, 6) is 1.81. The van der Waals surface area contributed by atoms with Gasteiger partial charge in [0.2, 0.25) is 5.91 Å². The maximum atomic E-state index is 13.0. The number of piperidine rings is 1. The molecular formula is C22H30N4O2S. The van der Waals surface area contributed by atoms with Gasteiger partial charge in [-0.2, -0.15) is 5.10 Å². The molecule has 4 heterocycles. The van der Waals surface area contributed by atoms with Crippen molar-refractivity contribution in [3.63, 3.8) is 0 Å². The highest BCUT2D eigenvalue weighted by atomic mass is 32.1. The van der Waals surface area contributed by atoms with E-state index in [4.69, 9.17) is 0 Å². The molecule has 0 radical (unpaired) electrons. The lowest BCUT2D eigenvalue weighted by Crippen LogP contribution is -2.38. The summed E-state index contributed by atoms with van der Waals surface area (Å²) in [7, 11) is 0. The number of amides is 1. The van der Waals surface area contributed by atoms with Gasteiger partial charge in [0.15, 0.2) is 0 Å². The average molecular weight is 415 g/mol. The Morgan fingerprint density at radius 3 is 2.62 bits per heavy atom. The van der Waals surface area contributed by atoms with Crippen LogP contribution < -0.4 is 5.56 Å². The molecule has 0 N–H and O–H groups in total. The minimum absolute atomic E-state index is 0.0668. The van der Waals surface area contributed by atoms with Crippen molar-refractivity contribution in [2.75, 3.05) is 13.1 Å². The number of carbonyl (C=O) groups is 1. The lowest BCUT2D eigenvalue weighted by molar-refractivity contribution is -0.132. The zero-order chi connectivity index (χ0) is 20.5. The molecule has 1 fully saturated rings. The third-order valence-electron chi connectivity index (χ3n) is 6.05. The van der Waals surface area contributed by atoms with E-state index in [1.54, 1.807) is 16.0 Å². The maximum Gasteiger partial charge on any atom is 0.291 e. The molecule has 0 atom stereocenters. The van der Waals surface area contributed by atoms with Crippen molar-refractivity contribution in [3.8, 4) is 0 Å². The monoisotopic (exact) mass is 414 g/mol. The van der Waals surface area contributed by atoms with Gasteiger partial charge in [-0.25, -0.2) is 4.68 Å². The summed E-state index contributed by atoms with van der Waals surface area (Å²) in [6, 6.07) is 4.18. The van der Waals surface area contributed by atoms with Gasteiger partial charge in [-0.1, -0.05) is 20.8 Å². The predicted molar refractivity (Wildman–Crippen MR) is 118 cm³/mol. The average Bonchev–Trinajstić information content (AvgIpc) is 3.28. The molecule has 0 unspecified atom stereocenters. The molecule has 4 rings (SSSR count). The van der Waals surface area contributed by atoms with E-state index in [0.717, 1.165) is 54.8 Å². The van der Waals surface area contributed by atoms with Crippen LogP contribution in [0.15, 0.2) is 16.9 Å². The molecule has 3 aromatic rings. The van der Waals surface area contributed by atoms with Gasteiger partial charge < -0.3 is 4.90 Å². The summed E-state index contributed by atoms with van der Waals surface area (Å²) >= 11 is 1.75. The van der Waals surface area contributed by atoms with Crippen molar-refractivity contribution in [3.05, 3.63) is 33.2 Å². The molecule has 0 aliphatic carbocycles. The van der Waals surface area contributed by atoms with E-state index < -0.39 is 0 Å². The topological polar surface area (TPSA) is 59.6 Å². The Morgan fingerprint density at radius 1 is 1.17 bits per heavy atom. The molecule has 0 bridgehead atoms. The van der Waals surface area contributed by atoms with Crippen molar-refractivity contribution >= 4 is 33.0 Å². The SMILES string of the molecule is CCc1cc2c(cc3c(=O)n(CCCC(=O)N4CCC(C)CC4)nc(CC)n32)s1. The number of likely N-dealkylation sites (tertiary alicyclic amines) is 1. The fraction of sp³-hybridized carbons (Fsp3) is 0.591. The van der Waals surface area contributed by atoms with E-state index in [2.05, 4.69) is 31.9 Å². The molecule has 0 spiro atoms. The van der Waals surface area contributed by atoms with E-state index in [1.165, 1.54) is 4.88 Å². The van der Waals surface area contributed by atoms with Gasteiger partial charge in [0.05, 0.1) is 10.2 Å². The smallest absolute Gasteiger partial charge is 0.291 e. The zero-order valence-electron chi connectivity index (χ0n) is 17.6. The van der Waals surface area contributed by atoms with Crippen LogP contribution >= 0.6 is 11.3 Å². The van der Waals surface area contributed by atoms with E-state index in [0.29, 0.717) is 30.8 Å². The molecular weight excluding hydrogens is 384 g/mol. The van der Waals surface area contributed by atoms with Crippen LogP contribution in [0, 0.1) is 5.92 Å². The second kappa shape index (κ2) is 8.30. The van der Waals surface area contributed by atoms with Crippen LogP contribution in [0.4, 0.5) is 0 Å². The summed E-state index contributed by atoms with van der Waals surface area (Å²) in [6.07, 6.45) is 5.06. The van der Waals surface area contributed by atoms with Gasteiger partial charge >= 0.3 is 0 Å². The number of carbonyl (C=O) groups excluding carboxylic acids is 1. The van der Waals surface area contributed by atoms with Crippen LogP contribution in [-0.2, 0) is 24.2 Å². The van der Waals surface area contributed by atoms with Crippen LogP contribution in [0.5, 0.6) is 0 Å². The van der Waals surface area contributed by atoms with Gasteiger partial charge in [-0.05, 0) is 43.7 Å². The lowest BCUT2D eigenvalue weighted by atomic mass is 9.99. The molecule has 7 heteroatoms. The van der Waals surface area contributed by atoms with Crippen LogP contribution in [0.3, 0.4) is 0 Å². The highest BCUT2D eigenvalue weighted by Gasteiger charge is 2.20. The maximum absolute atomic E-state index is 13.0. The highest BCUT2D eigenvalue weighted by Crippen LogP contribution is 2.29. The fourth-order valence-corrected chi connectivity index (χ4v) is 5.21. The van der Waals surface area contributed by atoms with Gasteiger partial charge in [0, 0.05) is 37.4 Å². The van der Waals surface area contributed by atoms with Gasteiger partial charge in [-0.15, -0.1) is 11.3 Å². The summed E-state index contributed by atoms with van der Waals surface area (Å²) in [5.41, 5.74) is 1.71. The predicted octanol–water partition coefficient (Wildman–Crippen LogP) is 3.87. The summed E-state index contributed by atoms with van der Waals surface area (Å²) in [6.45, 7) is 8.68. The Hall–Kier alpha value is -2.15. The van der Waals surface area contributed by atoms with E-state index in [-0.39, 0.29) is 11.5 Å². The molecule has 156 valence electrons. The van der Waals surface area contributed by atoms with Crippen molar-refractivity contribution in [2.24, 2.45) is 5.92 Å². The summed E-state index contributed by atoms with van der Waals surface area (Å²) in [4.78, 5) is 28.8. The number of hydrogen-bond acceptors (Lipinski definition) is 4. The summed E-state index contributed by atoms with van der Waals surface area (Å²) in [5, 5.41) is 4.64. The highest BCUT2D eigenvalue weighted by molar-refractivity contribution is 7.19. The number of aromatic nitrogens is 3. The number of rotatable bonds is 6. The molecule has 0 saturated carbocycles. The van der Waals surface area contributed by atoms with Gasteiger partial charge in [0.25, 0.3) is 5.56 Å². The second-order valence-electron chi connectivity index (χ2n) is 8.15. The van der Waals surface area contributed by atoms with E-state index in [9.17, 15) is 9.59 Å². The second-order valence-corrected chi connectivity index (χ2v) is 9.31. The van der Waals surface area contributed by atoms with E-state index in [1.807, 2.05) is 15.4 Å².